The number of carbonyl (C=O) groups excluding carboxylic acids is 1. The smallest absolute Gasteiger partial charge is 0.337 e. The molecule has 1 fully saturated rings. The average molecular weight is 464 g/mol. The zero-order valence-electron chi connectivity index (χ0n) is 17.8. The SMILES string of the molecule is O=C(O)c1cc(-c2cncc(COc3ccc4c(c3)CN(C3CCCC3)C4=O)n2)ccc1Cl. The Balaban J connectivity index is 1.30. The van der Waals surface area contributed by atoms with Crippen LogP contribution in [-0.4, -0.2) is 37.9 Å². The van der Waals surface area contributed by atoms with Crippen molar-refractivity contribution in [2.24, 2.45) is 0 Å². The molecule has 168 valence electrons. The van der Waals surface area contributed by atoms with Crippen LogP contribution in [0.25, 0.3) is 11.3 Å². The molecular formula is C25H22ClN3O4. The van der Waals surface area contributed by atoms with E-state index in [1.54, 1.807) is 18.5 Å². The molecule has 0 spiro atoms. The number of benzene rings is 2. The van der Waals surface area contributed by atoms with Crippen molar-refractivity contribution in [3.05, 3.63) is 76.2 Å². The highest BCUT2D eigenvalue weighted by Gasteiger charge is 2.34. The summed E-state index contributed by atoms with van der Waals surface area (Å²) in [6, 6.07) is 10.6. The van der Waals surface area contributed by atoms with Crippen molar-refractivity contribution in [1.29, 1.82) is 0 Å². The number of hydrogen-bond donors (Lipinski definition) is 1. The van der Waals surface area contributed by atoms with Crippen molar-refractivity contribution >= 4 is 23.5 Å². The first-order valence-corrected chi connectivity index (χ1v) is 11.3. The van der Waals surface area contributed by atoms with E-state index in [1.807, 2.05) is 23.1 Å². The number of nitrogens with zero attached hydrogens (tertiary/aromatic N) is 3. The molecule has 2 aromatic carbocycles. The second-order valence-corrected chi connectivity index (χ2v) is 8.78. The van der Waals surface area contributed by atoms with Crippen LogP contribution in [0.15, 0.2) is 48.8 Å². The molecule has 1 aromatic heterocycles. The van der Waals surface area contributed by atoms with Gasteiger partial charge in [-0.05, 0) is 48.7 Å². The Bertz CT molecular complexity index is 1240. The summed E-state index contributed by atoms with van der Waals surface area (Å²) in [7, 11) is 0. The number of halogens is 1. The van der Waals surface area contributed by atoms with Crippen molar-refractivity contribution in [1.82, 2.24) is 14.9 Å². The molecule has 0 radical (unpaired) electrons. The van der Waals surface area contributed by atoms with Crippen LogP contribution in [0.3, 0.4) is 0 Å². The molecule has 2 aliphatic rings. The second-order valence-electron chi connectivity index (χ2n) is 8.37. The van der Waals surface area contributed by atoms with Gasteiger partial charge in [0, 0.05) is 23.7 Å². The number of carbonyl (C=O) groups is 2. The van der Waals surface area contributed by atoms with Crippen LogP contribution in [0, 0.1) is 0 Å². The van der Waals surface area contributed by atoms with Crippen LogP contribution in [0.5, 0.6) is 5.75 Å². The van der Waals surface area contributed by atoms with E-state index in [9.17, 15) is 14.7 Å². The van der Waals surface area contributed by atoms with E-state index >= 15 is 0 Å². The Kier molecular flexibility index (Phi) is 5.72. The summed E-state index contributed by atoms with van der Waals surface area (Å²) in [5.41, 5.74) is 3.50. The Morgan fingerprint density at radius 3 is 2.76 bits per heavy atom. The van der Waals surface area contributed by atoms with E-state index < -0.39 is 5.97 Å². The van der Waals surface area contributed by atoms with Gasteiger partial charge < -0.3 is 14.7 Å². The minimum Gasteiger partial charge on any atom is -0.487 e. The van der Waals surface area contributed by atoms with E-state index in [0.717, 1.165) is 24.0 Å². The normalized spacial score (nSPS) is 15.7. The maximum Gasteiger partial charge on any atom is 0.337 e. The summed E-state index contributed by atoms with van der Waals surface area (Å²) >= 11 is 5.96. The molecule has 7 nitrogen and oxygen atoms in total. The van der Waals surface area contributed by atoms with Gasteiger partial charge in [0.1, 0.15) is 12.4 Å². The van der Waals surface area contributed by atoms with Crippen LogP contribution in [0.4, 0.5) is 0 Å². The van der Waals surface area contributed by atoms with E-state index in [2.05, 4.69) is 9.97 Å². The molecule has 0 atom stereocenters. The van der Waals surface area contributed by atoms with Crippen molar-refractivity contribution in [2.75, 3.05) is 0 Å². The van der Waals surface area contributed by atoms with Gasteiger partial charge in [-0.15, -0.1) is 0 Å². The molecule has 1 saturated carbocycles. The van der Waals surface area contributed by atoms with Gasteiger partial charge in [0.05, 0.1) is 34.4 Å². The predicted octanol–water partition coefficient (Wildman–Crippen LogP) is 4.97. The van der Waals surface area contributed by atoms with Crippen molar-refractivity contribution in [3.63, 3.8) is 0 Å². The number of hydrogen-bond acceptors (Lipinski definition) is 5. The van der Waals surface area contributed by atoms with Crippen LogP contribution >= 0.6 is 11.6 Å². The van der Waals surface area contributed by atoms with Crippen LogP contribution < -0.4 is 4.74 Å². The second kappa shape index (κ2) is 8.83. The molecule has 33 heavy (non-hydrogen) atoms. The van der Waals surface area contributed by atoms with Crippen LogP contribution in [-0.2, 0) is 13.2 Å². The monoisotopic (exact) mass is 463 g/mol. The summed E-state index contributed by atoms with van der Waals surface area (Å²) in [6.45, 7) is 0.826. The van der Waals surface area contributed by atoms with E-state index in [1.165, 1.54) is 25.0 Å². The average Bonchev–Trinajstić information content (AvgIpc) is 3.46. The third-order valence-corrected chi connectivity index (χ3v) is 6.57. The number of rotatable bonds is 6. The van der Waals surface area contributed by atoms with Crippen molar-refractivity contribution in [3.8, 4) is 17.0 Å². The standard InChI is InChI=1S/C25H22ClN3O4/c26-22-8-5-15(10-21(22)25(31)32)23-12-27-11-17(28-23)14-33-19-6-7-20-16(9-19)13-29(24(20)30)18-3-1-2-4-18/h5-12,18H,1-4,13-14H2,(H,31,32). The number of carboxylic acid groups (broad SMARTS) is 1. The molecular weight excluding hydrogens is 442 g/mol. The molecule has 3 aromatic rings. The highest BCUT2D eigenvalue weighted by Crippen LogP contribution is 2.33. The Morgan fingerprint density at radius 1 is 1.15 bits per heavy atom. The summed E-state index contributed by atoms with van der Waals surface area (Å²) < 4.78 is 5.94. The number of aromatic nitrogens is 2. The van der Waals surface area contributed by atoms with Gasteiger partial charge in [-0.1, -0.05) is 30.5 Å². The maximum atomic E-state index is 12.8. The molecule has 1 aliphatic carbocycles. The number of aromatic carboxylic acids is 1. The first-order chi connectivity index (χ1) is 16.0. The Labute approximate surface area is 196 Å². The summed E-state index contributed by atoms with van der Waals surface area (Å²) in [5, 5.41) is 9.47. The minimum atomic E-state index is -1.10. The number of ether oxygens (including phenoxy) is 1. The highest BCUT2D eigenvalue weighted by molar-refractivity contribution is 6.33. The summed E-state index contributed by atoms with van der Waals surface area (Å²) in [5.74, 6) is -0.316. The van der Waals surface area contributed by atoms with E-state index in [-0.39, 0.29) is 23.1 Å². The number of fused-ring (bicyclic) bond motifs is 1. The van der Waals surface area contributed by atoms with Crippen molar-refractivity contribution in [2.45, 2.75) is 44.9 Å². The first-order valence-electron chi connectivity index (χ1n) is 10.9. The third kappa shape index (κ3) is 4.28. The lowest BCUT2D eigenvalue weighted by atomic mass is 10.1. The quantitative estimate of drug-likeness (QED) is 0.554. The van der Waals surface area contributed by atoms with E-state index in [4.69, 9.17) is 16.3 Å². The molecule has 1 aliphatic heterocycles. The fraction of sp³-hybridized carbons (Fsp3) is 0.280. The zero-order valence-corrected chi connectivity index (χ0v) is 18.6. The largest absolute Gasteiger partial charge is 0.487 e. The van der Waals surface area contributed by atoms with Crippen LogP contribution in [0.2, 0.25) is 5.02 Å². The lowest BCUT2D eigenvalue weighted by molar-refractivity contribution is 0.0691. The summed E-state index contributed by atoms with van der Waals surface area (Å²) in [6.07, 6.45) is 7.71. The van der Waals surface area contributed by atoms with Gasteiger partial charge in [-0.2, -0.15) is 0 Å². The summed E-state index contributed by atoms with van der Waals surface area (Å²) in [4.78, 5) is 34.9. The van der Waals surface area contributed by atoms with Gasteiger partial charge in [0.25, 0.3) is 5.91 Å². The zero-order chi connectivity index (χ0) is 22.9. The lowest BCUT2D eigenvalue weighted by Crippen LogP contribution is -2.33. The number of carboxylic acids is 1. The van der Waals surface area contributed by atoms with Crippen molar-refractivity contribution < 1.29 is 19.4 Å². The molecule has 0 unspecified atom stereocenters. The fourth-order valence-corrected chi connectivity index (χ4v) is 4.74. The number of amides is 1. The molecule has 1 amide bonds. The van der Waals surface area contributed by atoms with E-state index in [0.29, 0.717) is 35.3 Å². The molecule has 5 rings (SSSR count). The molecule has 0 bridgehead atoms. The molecule has 1 N–H and O–H groups in total. The molecule has 0 saturated heterocycles. The maximum absolute atomic E-state index is 12.8. The van der Waals surface area contributed by atoms with Gasteiger partial charge in [0.2, 0.25) is 0 Å². The predicted molar refractivity (Wildman–Crippen MR) is 122 cm³/mol. The van der Waals surface area contributed by atoms with Gasteiger partial charge in [-0.25, -0.2) is 9.78 Å². The van der Waals surface area contributed by atoms with Gasteiger partial charge in [-0.3, -0.25) is 9.78 Å². The molecule has 8 heteroatoms. The minimum absolute atomic E-state index is 0.0111. The molecule has 2 heterocycles. The Morgan fingerprint density at radius 2 is 1.97 bits per heavy atom. The van der Waals surface area contributed by atoms with Gasteiger partial charge >= 0.3 is 5.97 Å². The van der Waals surface area contributed by atoms with Gasteiger partial charge in [0.15, 0.2) is 0 Å². The highest BCUT2D eigenvalue weighted by atomic mass is 35.5. The fourth-order valence-electron chi connectivity index (χ4n) is 4.54. The first kappa shape index (κ1) is 21.4. The topological polar surface area (TPSA) is 92.6 Å². The Hall–Kier alpha value is -3.45. The van der Waals surface area contributed by atoms with Crippen LogP contribution in [0.1, 0.15) is 57.7 Å². The third-order valence-electron chi connectivity index (χ3n) is 6.24. The lowest BCUT2D eigenvalue weighted by Gasteiger charge is -2.23.